The van der Waals surface area contributed by atoms with Crippen LogP contribution >= 0.6 is 22.6 Å². The van der Waals surface area contributed by atoms with Crippen LogP contribution in [-0.4, -0.2) is 15.7 Å². The average Bonchev–Trinajstić information content (AvgIpc) is 2.50. The van der Waals surface area contributed by atoms with E-state index in [0.717, 1.165) is 23.7 Å². The van der Waals surface area contributed by atoms with Gasteiger partial charge in [-0.25, -0.2) is 4.79 Å². The van der Waals surface area contributed by atoms with Crippen LogP contribution in [0.1, 0.15) is 19.3 Å². The van der Waals surface area contributed by atoms with Gasteiger partial charge in [0.1, 0.15) is 0 Å². The summed E-state index contributed by atoms with van der Waals surface area (Å²) in [5.74, 6) is 0.122. The number of hydrogen-bond acceptors (Lipinski definition) is 3. The zero-order valence-corrected chi connectivity index (χ0v) is 8.28. The highest BCUT2D eigenvalue weighted by Crippen LogP contribution is 2.32. The van der Waals surface area contributed by atoms with Gasteiger partial charge in [0.05, 0.1) is 5.92 Å². The normalized spacial score (nSPS) is 30.4. The maximum atomic E-state index is 10.8. The summed E-state index contributed by atoms with van der Waals surface area (Å²) < 4.78 is 1.09. The quantitative estimate of drug-likeness (QED) is 0.360. The molecule has 3 nitrogen and oxygen atoms in total. The van der Waals surface area contributed by atoms with E-state index in [0.29, 0.717) is 5.92 Å². The molecule has 64 valence electrons. The van der Waals surface area contributed by atoms with E-state index in [2.05, 4.69) is 27.5 Å². The van der Waals surface area contributed by atoms with Gasteiger partial charge in [0.2, 0.25) is 0 Å². The van der Waals surface area contributed by atoms with Crippen molar-refractivity contribution in [2.24, 2.45) is 11.8 Å². The summed E-state index contributed by atoms with van der Waals surface area (Å²) >= 11 is 2.32. The first-order chi connectivity index (χ1) is 5.27. The first-order valence-corrected chi connectivity index (χ1v) is 5.21. The Morgan fingerprint density at radius 2 is 2.36 bits per heavy atom. The van der Waals surface area contributed by atoms with Gasteiger partial charge in [0, 0.05) is 4.43 Å². The SMILES string of the molecule is O=C(OO)C1CCC(CI)C1. The zero-order valence-electron chi connectivity index (χ0n) is 6.12. The van der Waals surface area contributed by atoms with Crippen LogP contribution in [0.4, 0.5) is 0 Å². The van der Waals surface area contributed by atoms with E-state index >= 15 is 0 Å². The molecule has 1 N–H and O–H groups in total. The van der Waals surface area contributed by atoms with Crippen LogP contribution in [0, 0.1) is 11.8 Å². The van der Waals surface area contributed by atoms with Crippen molar-refractivity contribution in [2.75, 3.05) is 4.43 Å². The van der Waals surface area contributed by atoms with Crippen molar-refractivity contribution in [3.8, 4) is 0 Å². The molecule has 0 spiro atoms. The van der Waals surface area contributed by atoms with Crippen molar-refractivity contribution >= 4 is 28.6 Å². The molecule has 2 unspecified atom stereocenters. The van der Waals surface area contributed by atoms with Crippen LogP contribution in [0.15, 0.2) is 0 Å². The average molecular weight is 270 g/mol. The molecular weight excluding hydrogens is 259 g/mol. The Morgan fingerprint density at radius 3 is 2.82 bits per heavy atom. The van der Waals surface area contributed by atoms with Gasteiger partial charge < -0.3 is 4.89 Å². The van der Waals surface area contributed by atoms with Gasteiger partial charge in [-0.1, -0.05) is 22.6 Å². The second-order valence-corrected chi connectivity index (χ2v) is 3.82. The van der Waals surface area contributed by atoms with E-state index in [4.69, 9.17) is 5.26 Å². The van der Waals surface area contributed by atoms with Gasteiger partial charge in [-0.3, -0.25) is 0 Å². The summed E-state index contributed by atoms with van der Waals surface area (Å²) in [5.41, 5.74) is 0. The second-order valence-electron chi connectivity index (χ2n) is 2.94. The highest BCUT2D eigenvalue weighted by atomic mass is 127. The standard InChI is InChI=1S/C7H11IO3/c8-4-5-1-2-6(3-5)7(9)11-10/h5-6,10H,1-4H2. The Morgan fingerprint density at radius 1 is 1.64 bits per heavy atom. The monoisotopic (exact) mass is 270 g/mol. The molecule has 11 heavy (non-hydrogen) atoms. The fraction of sp³-hybridized carbons (Fsp3) is 0.857. The number of carbonyl (C=O) groups excluding carboxylic acids is 1. The van der Waals surface area contributed by atoms with Crippen molar-refractivity contribution < 1.29 is 14.9 Å². The number of carbonyl (C=O) groups is 1. The number of alkyl halides is 1. The fourth-order valence-electron chi connectivity index (χ4n) is 1.50. The third-order valence-electron chi connectivity index (χ3n) is 2.18. The van der Waals surface area contributed by atoms with Crippen LogP contribution in [-0.2, 0) is 9.68 Å². The van der Waals surface area contributed by atoms with Gasteiger partial charge in [-0.15, -0.1) is 0 Å². The third kappa shape index (κ3) is 2.30. The summed E-state index contributed by atoms with van der Waals surface area (Å²) in [6.45, 7) is 0. The molecule has 0 aromatic heterocycles. The Kier molecular flexibility index (Phi) is 3.58. The Bertz CT molecular complexity index is 149. The molecular formula is C7H11IO3. The summed E-state index contributed by atoms with van der Waals surface area (Å²) in [6.07, 6.45) is 2.83. The highest BCUT2D eigenvalue weighted by molar-refractivity contribution is 14.1. The van der Waals surface area contributed by atoms with Crippen LogP contribution in [0.25, 0.3) is 0 Å². The lowest BCUT2D eigenvalue weighted by Crippen LogP contribution is -2.13. The Balaban J connectivity index is 2.35. The third-order valence-corrected chi connectivity index (χ3v) is 3.43. The minimum Gasteiger partial charge on any atom is -0.301 e. The smallest absolute Gasteiger partial charge is 0.301 e. The molecule has 1 aliphatic rings. The first-order valence-electron chi connectivity index (χ1n) is 3.69. The molecule has 2 atom stereocenters. The van der Waals surface area contributed by atoms with E-state index in [9.17, 15) is 4.79 Å². The number of halogens is 1. The summed E-state index contributed by atoms with van der Waals surface area (Å²) in [7, 11) is 0. The van der Waals surface area contributed by atoms with E-state index in [1.54, 1.807) is 0 Å². The molecule has 0 aromatic rings. The molecule has 1 saturated carbocycles. The minimum absolute atomic E-state index is 0.0558. The van der Waals surface area contributed by atoms with Crippen molar-refractivity contribution in [1.29, 1.82) is 0 Å². The van der Waals surface area contributed by atoms with Crippen LogP contribution in [0.3, 0.4) is 0 Å². The van der Waals surface area contributed by atoms with E-state index in [1.165, 1.54) is 0 Å². The van der Waals surface area contributed by atoms with E-state index < -0.39 is 5.97 Å². The lowest BCUT2D eigenvalue weighted by molar-refractivity contribution is -0.238. The number of rotatable bonds is 2. The lowest BCUT2D eigenvalue weighted by atomic mass is 10.1. The second kappa shape index (κ2) is 4.25. The predicted octanol–water partition coefficient (Wildman–Crippen LogP) is 1.85. The predicted molar refractivity (Wildman–Crippen MR) is 48.4 cm³/mol. The molecule has 1 fully saturated rings. The molecule has 0 aromatic carbocycles. The van der Waals surface area contributed by atoms with Gasteiger partial charge >= 0.3 is 5.97 Å². The van der Waals surface area contributed by atoms with Gasteiger partial charge in [0.15, 0.2) is 0 Å². The molecule has 0 amide bonds. The fourth-order valence-corrected chi connectivity index (χ4v) is 2.30. The van der Waals surface area contributed by atoms with Crippen LogP contribution in [0.5, 0.6) is 0 Å². The molecule has 4 heteroatoms. The van der Waals surface area contributed by atoms with Crippen molar-refractivity contribution in [3.05, 3.63) is 0 Å². The summed E-state index contributed by atoms with van der Waals surface area (Å²) in [4.78, 5) is 14.5. The maximum absolute atomic E-state index is 10.8. The molecule has 0 bridgehead atoms. The van der Waals surface area contributed by atoms with Gasteiger partial charge in [-0.2, -0.15) is 5.26 Å². The highest BCUT2D eigenvalue weighted by Gasteiger charge is 2.30. The van der Waals surface area contributed by atoms with Crippen molar-refractivity contribution in [1.82, 2.24) is 0 Å². The van der Waals surface area contributed by atoms with Gasteiger partial charge in [-0.05, 0) is 25.2 Å². The van der Waals surface area contributed by atoms with Gasteiger partial charge in [0.25, 0.3) is 0 Å². The van der Waals surface area contributed by atoms with Crippen molar-refractivity contribution in [3.63, 3.8) is 0 Å². The molecule has 0 radical (unpaired) electrons. The largest absolute Gasteiger partial charge is 0.345 e. The zero-order chi connectivity index (χ0) is 8.27. The Labute approximate surface area is 79.2 Å². The summed E-state index contributed by atoms with van der Waals surface area (Å²) in [6, 6.07) is 0. The molecule has 0 aliphatic heterocycles. The molecule has 1 aliphatic carbocycles. The van der Waals surface area contributed by atoms with Crippen LogP contribution in [0.2, 0.25) is 0 Å². The molecule has 0 heterocycles. The topological polar surface area (TPSA) is 46.5 Å². The number of hydrogen-bond donors (Lipinski definition) is 1. The Hall–Kier alpha value is 0.160. The first kappa shape index (κ1) is 9.25. The van der Waals surface area contributed by atoms with Crippen molar-refractivity contribution in [2.45, 2.75) is 19.3 Å². The molecule has 1 rings (SSSR count). The van der Waals surface area contributed by atoms with E-state index in [1.807, 2.05) is 0 Å². The maximum Gasteiger partial charge on any atom is 0.345 e. The van der Waals surface area contributed by atoms with E-state index in [-0.39, 0.29) is 5.92 Å². The minimum atomic E-state index is -0.461. The lowest BCUT2D eigenvalue weighted by Gasteiger charge is -2.04. The summed E-state index contributed by atoms with van der Waals surface area (Å²) in [5, 5.41) is 8.10. The molecule has 0 saturated heterocycles. The van der Waals surface area contributed by atoms with Crippen LogP contribution < -0.4 is 0 Å².